The monoisotopic (exact) mass is 809 g/mol. The highest BCUT2D eigenvalue weighted by atomic mass is 32.7. The summed E-state index contributed by atoms with van der Waals surface area (Å²) in [6, 6.07) is 35.5. The Morgan fingerprint density at radius 3 is 2.11 bits per heavy atom. The Hall–Kier alpha value is -4.91. The fraction of sp³-hybridized carbons (Fsp3) is 0.326. The number of benzene rings is 4. The van der Waals surface area contributed by atoms with Crippen LogP contribution in [-0.4, -0.2) is 65.8 Å². The molecule has 4 atom stereocenters. The van der Waals surface area contributed by atoms with Gasteiger partial charge in [-0.15, -0.1) is 0 Å². The lowest BCUT2D eigenvalue weighted by Gasteiger charge is -2.37. The van der Waals surface area contributed by atoms with Crippen molar-refractivity contribution >= 4 is 35.1 Å². The number of imidazole rings is 1. The maximum Gasteiger partial charge on any atom is 0.280 e. The molecular weight excluding hydrogens is 762 g/mol. The first-order valence-corrected chi connectivity index (χ1v) is 22.5. The molecule has 14 heteroatoms. The van der Waals surface area contributed by atoms with Crippen molar-refractivity contribution in [1.82, 2.24) is 19.5 Å². The van der Waals surface area contributed by atoms with E-state index in [0.29, 0.717) is 47.7 Å². The normalized spacial score (nSPS) is 18.1. The average molecular weight is 810 g/mol. The number of nitrogens with zero attached hydrogens (tertiary/aromatic N) is 3. The van der Waals surface area contributed by atoms with Gasteiger partial charge in [0.15, 0.2) is 11.2 Å². The quantitative estimate of drug-likeness (QED) is 0.0676. The molecule has 1 aliphatic rings. The van der Waals surface area contributed by atoms with Gasteiger partial charge in [0.2, 0.25) is 5.95 Å². The summed E-state index contributed by atoms with van der Waals surface area (Å²) in [5.74, 6) is 2.61. The van der Waals surface area contributed by atoms with Gasteiger partial charge in [0.25, 0.3) is 12.1 Å². The Morgan fingerprint density at radius 1 is 0.912 bits per heavy atom. The van der Waals surface area contributed by atoms with E-state index >= 15 is 0 Å². The van der Waals surface area contributed by atoms with E-state index in [1.54, 1.807) is 31.8 Å². The van der Waals surface area contributed by atoms with Crippen molar-refractivity contribution in [2.24, 2.45) is 5.92 Å². The average Bonchev–Trinajstić information content (AvgIpc) is 3.84. The van der Waals surface area contributed by atoms with Gasteiger partial charge in [-0.3, -0.25) is 18.9 Å². The van der Waals surface area contributed by atoms with Gasteiger partial charge in [0.05, 0.1) is 33.3 Å². The summed E-state index contributed by atoms with van der Waals surface area (Å²) in [7, 11) is 3.27. The van der Waals surface area contributed by atoms with E-state index in [-0.39, 0.29) is 17.7 Å². The molecular formula is C43H48N5O7PS. The zero-order chi connectivity index (χ0) is 40.0. The molecule has 2 aromatic heterocycles. The van der Waals surface area contributed by atoms with E-state index < -0.39 is 30.6 Å². The van der Waals surface area contributed by atoms with E-state index in [0.717, 1.165) is 22.3 Å². The molecule has 1 fully saturated rings. The minimum Gasteiger partial charge on any atom is -0.497 e. The van der Waals surface area contributed by atoms with Crippen molar-refractivity contribution in [2.45, 2.75) is 50.1 Å². The van der Waals surface area contributed by atoms with Crippen molar-refractivity contribution < 1.29 is 28.0 Å². The smallest absolute Gasteiger partial charge is 0.280 e. The Kier molecular flexibility index (Phi) is 12.5. The molecule has 0 radical (unpaired) electrons. The molecule has 1 unspecified atom stereocenters. The highest BCUT2D eigenvalue weighted by Gasteiger charge is 2.45. The molecule has 0 aliphatic carbocycles. The maximum absolute atomic E-state index is 14.2. The molecule has 2 N–H and O–H groups in total. The minimum atomic E-state index is -3.24. The molecule has 57 heavy (non-hydrogen) atoms. The summed E-state index contributed by atoms with van der Waals surface area (Å²) in [6.07, 6.45) is -0.156. The summed E-state index contributed by atoms with van der Waals surface area (Å²) in [6.45, 7) is 3.22. The van der Waals surface area contributed by atoms with Gasteiger partial charge in [0, 0.05) is 25.4 Å². The number of H-pyrrole nitrogens is 1. The first-order valence-electron chi connectivity index (χ1n) is 18.9. The summed E-state index contributed by atoms with van der Waals surface area (Å²) in [5, 5.41) is 3.21. The highest BCUT2D eigenvalue weighted by Crippen LogP contribution is 2.60. The van der Waals surface area contributed by atoms with Crippen LogP contribution in [0.3, 0.4) is 0 Å². The molecule has 6 aromatic rings. The lowest BCUT2D eigenvalue weighted by molar-refractivity contribution is -0.0897. The fourth-order valence-electron chi connectivity index (χ4n) is 6.98. The van der Waals surface area contributed by atoms with Gasteiger partial charge < -0.3 is 28.8 Å². The Balaban J connectivity index is 1.26. The molecule has 298 valence electrons. The van der Waals surface area contributed by atoms with E-state index in [4.69, 9.17) is 28.5 Å². The molecule has 0 saturated carbocycles. The van der Waals surface area contributed by atoms with E-state index in [2.05, 4.69) is 29.1 Å². The molecule has 1 saturated heterocycles. The number of nitrogens with one attached hydrogen (secondary N) is 2. The molecule has 0 bridgehead atoms. The van der Waals surface area contributed by atoms with Crippen LogP contribution in [0.25, 0.3) is 11.2 Å². The third kappa shape index (κ3) is 9.14. The number of fused-ring (bicyclic) bond motifs is 1. The molecule has 7 rings (SSSR count). The van der Waals surface area contributed by atoms with Crippen LogP contribution in [0.4, 0.5) is 5.95 Å². The minimum absolute atomic E-state index is 0.0410. The number of aromatic amines is 1. The first kappa shape index (κ1) is 40.3. The maximum atomic E-state index is 14.2. The van der Waals surface area contributed by atoms with Gasteiger partial charge in [-0.1, -0.05) is 110 Å². The predicted molar refractivity (Wildman–Crippen MR) is 224 cm³/mol. The summed E-state index contributed by atoms with van der Waals surface area (Å²) in [5.41, 5.74) is 2.71. The Labute approximate surface area is 336 Å². The number of hydrogen-bond donors (Lipinski definition) is 2. The molecule has 4 aromatic carbocycles. The molecule has 0 amide bonds. The topological polar surface area (TPSA) is 139 Å². The van der Waals surface area contributed by atoms with Crippen LogP contribution < -0.4 is 20.3 Å². The molecule has 1 aliphatic heterocycles. The first-order chi connectivity index (χ1) is 27.6. The van der Waals surface area contributed by atoms with E-state index in [1.807, 2.05) is 109 Å². The lowest BCUT2D eigenvalue weighted by Crippen LogP contribution is -2.38. The van der Waals surface area contributed by atoms with Crippen molar-refractivity contribution in [3.8, 4) is 11.5 Å². The third-order valence-corrected chi connectivity index (χ3v) is 13.5. The number of hydrogen-bond acceptors (Lipinski definition) is 11. The summed E-state index contributed by atoms with van der Waals surface area (Å²) in [4.78, 5) is 25.1. The second kappa shape index (κ2) is 17.7. The number of methoxy groups -OCH3 is 2. The number of rotatable bonds is 17. The van der Waals surface area contributed by atoms with Crippen molar-refractivity contribution in [3.05, 3.63) is 148 Å². The van der Waals surface area contributed by atoms with Crippen LogP contribution in [0.5, 0.6) is 11.5 Å². The van der Waals surface area contributed by atoms with Crippen molar-refractivity contribution in [3.63, 3.8) is 0 Å². The van der Waals surface area contributed by atoms with Gasteiger partial charge in [-0.25, -0.2) is 4.98 Å². The standard InChI is InChI=1S/C43H48N5O7PS/c1-29(2)25-44-42-46-40-39(41(49)47-42)45-28-48(40)38-24-36(55-56(5,50)57-27-30-12-8-6-9-13-30)37(54-38)26-53-43(31-14-10-7-11-15-31,32-16-20-34(51-3)21-17-32)33-18-22-35(52-4)23-19-33/h6-23,28-29,36-38H,24-27H2,1-5H3,(H2,44,46,47,49)/t36-,37+,38+,56?/m0/s1. The van der Waals surface area contributed by atoms with Crippen LogP contribution in [-0.2, 0) is 29.9 Å². The molecule has 12 nitrogen and oxygen atoms in total. The van der Waals surface area contributed by atoms with Crippen LogP contribution in [0.15, 0.2) is 120 Å². The highest BCUT2D eigenvalue weighted by molar-refractivity contribution is 8.56. The van der Waals surface area contributed by atoms with Crippen LogP contribution in [0.1, 0.15) is 48.8 Å². The Morgan fingerprint density at radius 2 is 1.51 bits per heavy atom. The van der Waals surface area contributed by atoms with Gasteiger partial charge >= 0.3 is 0 Å². The number of ether oxygens (including phenoxy) is 4. The third-order valence-electron chi connectivity index (χ3n) is 9.87. The van der Waals surface area contributed by atoms with E-state index in [9.17, 15) is 9.36 Å². The van der Waals surface area contributed by atoms with Crippen molar-refractivity contribution in [2.75, 3.05) is 39.4 Å². The lowest BCUT2D eigenvalue weighted by atomic mass is 9.80. The SMILES string of the molecule is COc1ccc(C(OC[C@H]2O[C@@H](n3cnc4c(=O)[nH]c(NCC(C)C)nc43)C[C@@H]2OP(C)(=O)SCc2ccccc2)(c2ccccc2)c2ccc(OC)cc2)cc1. The largest absolute Gasteiger partial charge is 0.497 e. The fourth-order valence-corrected chi connectivity index (χ4v) is 9.99. The zero-order valence-electron chi connectivity index (χ0n) is 32.7. The number of anilines is 1. The van der Waals surface area contributed by atoms with Gasteiger partial charge in [-0.2, -0.15) is 4.98 Å². The van der Waals surface area contributed by atoms with E-state index in [1.165, 1.54) is 11.4 Å². The zero-order valence-corrected chi connectivity index (χ0v) is 34.4. The second-order valence-electron chi connectivity index (χ2n) is 14.4. The number of aromatic nitrogens is 4. The van der Waals surface area contributed by atoms with Gasteiger partial charge in [0.1, 0.15) is 29.4 Å². The predicted octanol–water partition coefficient (Wildman–Crippen LogP) is 8.64. The summed E-state index contributed by atoms with van der Waals surface area (Å²) >= 11 is 1.28. The molecule has 3 heterocycles. The second-order valence-corrected chi connectivity index (χ2v) is 19.4. The Bertz CT molecular complexity index is 2290. The van der Waals surface area contributed by atoms with Crippen LogP contribution >= 0.6 is 18.0 Å². The van der Waals surface area contributed by atoms with Gasteiger partial charge in [-0.05, 0) is 52.4 Å². The van der Waals surface area contributed by atoms with Crippen LogP contribution in [0, 0.1) is 5.92 Å². The summed E-state index contributed by atoms with van der Waals surface area (Å²) < 4.78 is 47.7. The van der Waals surface area contributed by atoms with Crippen molar-refractivity contribution in [1.29, 1.82) is 0 Å². The molecule has 0 spiro atoms. The van der Waals surface area contributed by atoms with Crippen LogP contribution in [0.2, 0.25) is 0 Å².